The number of benzene rings is 1. The molecule has 1 saturated heterocycles. The molecule has 1 fully saturated rings. The molecule has 112 valence electrons. The van der Waals surface area contributed by atoms with E-state index in [0.717, 1.165) is 37.0 Å². The Morgan fingerprint density at radius 2 is 1.95 bits per heavy atom. The Hall–Kier alpha value is -2.08. The first kappa shape index (κ1) is 13.9. The molecule has 1 N–H and O–H groups in total. The van der Waals surface area contributed by atoms with Gasteiger partial charge in [0.2, 0.25) is 0 Å². The molecule has 6 nitrogen and oxygen atoms in total. The summed E-state index contributed by atoms with van der Waals surface area (Å²) in [4.78, 5) is 24.3. The minimum absolute atomic E-state index is 0.0478. The molecule has 0 atom stereocenters. The predicted octanol–water partition coefficient (Wildman–Crippen LogP) is 0.901. The fourth-order valence-electron chi connectivity index (χ4n) is 3.00. The first-order chi connectivity index (χ1) is 10.2. The number of fused-ring (bicyclic) bond motifs is 1. The van der Waals surface area contributed by atoms with Gasteiger partial charge in [-0.1, -0.05) is 12.1 Å². The third-order valence-electron chi connectivity index (χ3n) is 4.06. The first-order valence-electron chi connectivity index (χ1n) is 7.19. The number of nitrogens with one attached hydrogen (secondary N) is 1. The first-order valence-corrected chi connectivity index (χ1v) is 7.19. The zero-order valence-electron chi connectivity index (χ0n) is 12.0. The summed E-state index contributed by atoms with van der Waals surface area (Å²) in [5, 5.41) is 3.30. The lowest BCUT2D eigenvalue weighted by Gasteiger charge is -2.23. The number of ether oxygens (including phenoxy) is 1. The smallest absolute Gasteiger partial charge is 0.329 e. The number of piperidine rings is 1. The van der Waals surface area contributed by atoms with Crippen molar-refractivity contribution in [3.05, 3.63) is 34.7 Å². The summed E-state index contributed by atoms with van der Waals surface area (Å²) in [6, 6.07) is 7.79. The Morgan fingerprint density at radius 1 is 1.29 bits per heavy atom. The molecule has 0 radical (unpaired) electrons. The maximum absolute atomic E-state index is 12.7. The van der Waals surface area contributed by atoms with Crippen molar-refractivity contribution in [2.45, 2.75) is 25.4 Å². The van der Waals surface area contributed by atoms with Crippen molar-refractivity contribution in [2.75, 3.05) is 20.2 Å². The van der Waals surface area contributed by atoms with Gasteiger partial charge in [-0.05, 0) is 38.1 Å². The van der Waals surface area contributed by atoms with Crippen molar-refractivity contribution in [1.82, 2.24) is 14.5 Å². The number of aromatic nitrogens is 2. The van der Waals surface area contributed by atoms with Crippen LogP contribution < -0.4 is 11.0 Å². The van der Waals surface area contributed by atoms with Crippen LogP contribution in [0.15, 0.2) is 29.1 Å². The second kappa shape index (κ2) is 5.73. The van der Waals surface area contributed by atoms with Crippen LogP contribution in [0.1, 0.15) is 18.9 Å². The second-order valence-electron chi connectivity index (χ2n) is 5.28. The van der Waals surface area contributed by atoms with Gasteiger partial charge in [-0.25, -0.2) is 4.79 Å². The van der Waals surface area contributed by atoms with Crippen molar-refractivity contribution in [3.8, 4) is 0 Å². The molecule has 1 aliphatic heterocycles. The number of hydrogen-bond donors (Lipinski definition) is 1. The van der Waals surface area contributed by atoms with Gasteiger partial charge in [0.05, 0.1) is 18.1 Å². The van der Waals surface area contributed by atoms with Crippen molar-refractivity contribution in [1.29, 1.82) is 0 Å². The number of hydrogen-bond acceptors (Lipinski definition) is 4. The third kappa shape index (κ3) is 2.47. The van der Waals surface area contributed by atoms with Crippen molar-refractivity contribution >= 4 is 17.0 Å². The van der Waals surface area contributed by atoms with E-state index in [-0.39, 0.29) is 18.3 Å². The number of carbonyl (C=O) groups excluding carboxylic acids is 1. The Balaban J connectivity index is 2.13. The van der Waals surface area contributed by atoms with Crippen LogP contribution in [0.25, 0.3) is 11.0 Å². The lowest BCUT2D eigenvalue weighted by atomic mass is 10.1. The van der Waals surface area contributed by atoms with E-state index in [1.165, 1.54) is 11.7 Å². The van der Waals surface area contributed by atoms with Gasteiger partial charge in [0.15, 0.2) is 0 Å². The molecule has 0 bridgehead atoms. The molecule has 1 aromatic carbocycles. The average Bonchev–Trinajstić information content (AvgIpc) is 2.80. The Kier molecular flexibility index (Phi) is 3.79. The van der Waals surface area contributed by atoms with Crippen LogP contribution in [0, 0.1) is 0 Å². The topological polar surface area (TPSA) is 65.3 Å². The molecule has 3 rings (SSSR count). The Bertz CT molecular complexity index is 711. The van der Waals surface area contributed by atoms with Crippen LogP contribution in [0.2, 0.25) is 0 Å². The minimum Gasteiger partial charge on any atom is -0.468 e. The van der Waals surface area contributed by atoms with Crippen LogP contribution in [0.4, 0.5) is 0 Å². The molecule has 2 heterocycles. The van der Waals surface area contributed by atoms with Gasteiger partial charge >= 0.3 is 11.7 Å². The van der Waals surface area contributed by atoms with E-state index in [1.807, 2.05) is 28.8 Å². The summed E-state index contributed by atoms with van der Waals surface area (Å²) in [6.45, 7) is 1.77. The summed E-state index contributed by atoms with van der Waals surface area (Å²) in [5.41, 5.74) is 1.54. The maximum atomic E-state index is 12.7. The molecule has 1 aliphatic rings. The lowest BCUT2D eigenvalue weighted by molar-refractivity contribution is -0.141. The van der Waals surface area contributed by atoms with E-state index in [0.29, 0.717) is 0 Å². The highest BCUT2D eigenvalue weighted by Crippen LogP contribution is 2.23. The van der Waals surface area contributed by atoms with E-state index < -0.39 is 5.97 Å². The van der Waals surface area contributed by atoms with Gasteiger partial charge in [-0.3, -0.25) is 13.9 Å². The highest BCUT2D eigenvalue weighted by molar-refractivity contribution is 5.78. The lowest BCUT2D eigenvalue weighted by Crippen LogP contribution is -2.35. The number of para-hydroxylation sites is 2. The number of methoxy groups -OCH3 is 1. The van der Waals surface area contributed by atoms with Crippen LogP contribution in [0.3, 0.4) is 0 Å². The van der Waals surface area contributed by atoms with Gasteiger partial charge in [-0.2, -0.15) is 0 Å². The molecule has 0 amide bonds. The molecule has 0 unspecified atom stereocenters. The summed E-state index contributed by atoms with van der Waals surface area (Å²) >= 11 is 0. The van der Waals surface area contributed by atoms with E-state index in [9.17, 15) is 9.59 Å². The predicted molar refractivity (Wildman–Crippen MR) is 79.4 cm³/mol. The SMILES string of the molecule is COC(=O)Cn1c(=O)n(C2CCNCC2)c2ccccc21. The van der Waals surface area contributed by atoms with Gasteiger partial charge in [0.1, 0.15) is 6.54 Å². The molecule has 0 saturated carbocycles. The Morgan fingerprint density at radius 3 is 2.62 bits per heavy atom. The number of esters is 1. The summed E-state index contributed by atoms with van der Waals surface area (Å²) in [7, 11) is 1.33. The van der Waals surface area contributed by atoms with Crippen molar-refractivity contribution < 1.29 is 9.53 Å². The van der Waals surface area contributed by atoms with Crippen molar-refractivity contribution in [3.63, 3.8) is 0 Å². The van der Waals surface area contributed by atoms with E-state index >= 15 is 0 Å². The van der Waals surface area contributed by atoms with E-state index in [4.69, 9.17) is 4.74 Å². The number of imidazole rings is 1. The zero-order chi connectivity index (χ0) is 14.8. The van der Waals surface area contributed by atoms with Gasteiger partial charge in [-0.15, -0.1) is 0 Å². The fraction of sp³-hybridized carbons (Fsp3) is 0.467. The number of carbonyl (C=O) groups is 1. The minimum atomic E-state index is -0.412. The highest BCUT2D eigenvalue weighted by Gasteiger charge is 2.22. The van der Waals surface area contributed by atoms with Crippen LogP contribution in [-0.4, -0.2) is 35.3 Å². The molecule has 2 aromatic rings. The molecular formula is C15H19N3O3. The van der Waals surface area contributed by atoms with Crippen LogP contribution >= 0.6 is 0 Å². The van der Waals surface area contributed by atoms with Gasteiger partial charge in [0, 0.05) is 6.04 Å². The maximum Gasteiger partial charge on any atom is 0.329 e. The largest absolute Gasteiger partial charge is 0.468 e. The molecule has 21 heavy (non-hydrogen) atoms. The summed E-state index contributed by atoms with van der Waals surface area (Å²) < 4.78 is 8.03. The molecule has 0 aliphatic carbocycles. The van der Waals surface area contributed by atoms with Gasteiger partial charge < -0.3 is 10.1 Å². The number of nitrogens with zero attached hydrogens (tertiary/aromatic N) is 2. The third-order valence-corrected chi connectivity index (χ3v) is 4.06. The van der Waals surface area contributed by atoms with E-state index in [1.54, 1.807) is 0 Å². The second-order valence-corrected chi connectivity index (χ2v) is 5.28. The summed E-state index contributed by atoms with van der Waals surface area (Å²) in [5.74, 6) is -0.412. The van der Waals surface area contributed by atoms with E-state index in [2.05, 4.69) is 5.32 Å². The van der Waals surface area contributed by atoms with Crippen molar-refractivity contribution in [2.24, 2.45) is 0 Å². The summed E-state index contributed by atoms with van der Waals surface area (Å²) in [6.07, 6.45) is 1.85. The monoisotopic (exact) mass is 289 g/mol. The number of rotatable bonds is 3. The highest BCUT2D eigenvalue weighted by atomic mass is 16.5. The van der Waals surface area contributed by atoms with Crippen LogP contribution in [-0.2, 0) is 16.1 Å². The molecule has 1 aromatic heterocycles. The normalized spacial score (nSPS) is 16.2. The van der Waals surface area contributed by atoms with Crippen LogP contribution in [0.5, 0.6) is 0 Å². The quantitative estimate of drug-likeness (QED) is 0.853. The average molecular weight is 289 g/mol. The standard InChI is InChI=1S/C15H19N3O3/c1-21-14(19)10-17-12-4-2-3-5-13(12)18(15(17)20)11-6-8-16-9-7-11/h2-5,11,16H,6-10H2,1H3. The molecular weight excluding hydrogens is 270 g/mol. The van der Waals surface area contributed by atoms with Gasteiger partial charge in [0.25, 0.3) is 0 Å². The molecule has 0 spiro atoms. The fourth-order valence-corrected chi connectivity index (χ4v) is 3.00. The zero-order valence-corrected chi connectivity index (χ0v) is 12.0. The molecule has 6 heteroatoms. The Labute approximate surface area is 122 Å².